The van der Waals surface area contributed by atoms with Gasteiger partial charge in [-0.15, -0.1) is 0 Å². The molecule has 0 aliphatic rings. The van der Waals surface area contributed by atoms with E-state index in [4.69, 9.17) is 4.98 Å². The van der Waals surface area contributed by atoms with Crippen LogP contribution >= 0.6 is 0 Å². The molecule has 0 saturated heterocycles. The molecular weight excluding hydrogens is 428 g/mol. The van der Waals surface area contributed by atoms with Gasteiger partial charge in [-0.05, 0) is 24.6 Å². The topological polar surface area (TPSA) is 85.1 Å². The first-order chi connectivity index (χ1) is 16.2. The van der Waals surface area contributed by atoms with Crippen molar-refractivity contribution in [2.24, 2.45) is 13.0 Å². The predicted octanol–water partition coefficient (Wildman–Crippen LogP) is 3.99. The van der Waals surface area contributed by atoms with E-state index in [0.29, 0.717) is 29.9 Å². The summed E-state index contributed by atoms with van der Waals surface area (Å²) in [7, 11) is 3.62. The molecule has 4 aromatic rings. The first kappa shape index (κ1) is 23.2. The van der Waals surface area contributed by atoms with Crippen molar-refractivity contribution < 1.29 is 9.59 Å². The van der Waals surface area contributed by atoms with Crippen LogP contribution in [0, 0.1) is 12.8 Å². The summed E-state index contributed by atoms with van der Waals surface area (Å²) in [5.41, 5.74) is 4.55. The van der Waals surface area contributed by atoms with Crippen LogP contribution in [-0.4, -0.2) is 43.1 Å². The van der Waals surface area contributed by atoms with E-state index in [2.05, 4.69) is 27.1 Å². The van der Waals surface area contributed by atoms with Gasteiger partial charge in [0.15, 0.2) is 0 Å². The van der Waals surface area contributed by atoms with E-state index in [0.717, 1.165) is 22.5 Å². The lowest BCUT2D eigenvalue weighted by atomic mass is 10.1. The number of benzene rings is 2. The van der Waals surface area contributed by atoms with E-state index in [-0.39, 0.29) is 17.7 Å². The van der Waals surface area contributed by atoms with E-state index >= 15 is 0 Å². The van der Waals surface area contributed by atoms with E-state index in [1.165, 1.54) is 0 Å². The fourth-order valence-corrected chi connectivity index (χ4v) is 3.97. The molecule has 0 spiro atoms. The highest BCUT2D eigenvalue weighted by molar-refractivity contribution is 6.07. The predicted molar refractivity (Wildman–Crippen MR) is 132 cm³/mol. The second-order valence-electron chi connectivity index (χ2n) is 8.95. The lowest BCUT2D eigenvalue weighted by Crippen LogP contribution is -2.27. The monoisotopic (exact) mass is 458 g/mol. The van der Waals surface area contributed by atoms with Crippen molar-refractivity contribution in [2.45, 2.75) is 33.9 Å². The van der Waals surface area contributed by atoms with Crippen molar-refractivity contribution in [2.75, 3.05) is 12.4 Å². The summed E-state index contributed by atoms with van der Waals surface area (Å²) in [6.45, 7) is 6.61. The van der Waals surface area contributed by atoms with Crippen molar-refractivity contribution in [1.29, 1.82) is 0 Å². The van der Waals surface area contributed by atoms with Crippen LogP contribution in [0.3, 0.4) is 0 Å². The molecule has 176 valence electrons. The van der Waals surface area contributed by atoms with Gasteiger partial charge in [0.2, 0.25) is 5.91 Å². The lowest BCUT2D eigenvalue weighted by Gasteiger charge is -2.19. The third-order valence-electron chi connectivity index (χ3n) is 5.76. The number of fused-ring (bicyclic) bond motifs is 1. The van der Waals surface area contributed by atoms with E-state index < -0.39 is 0 Å². The molecule has 2 aromatic heterocycles. The second-order valence-corrected chi connectivity index (χ2v) is 8.95. The Balaban J connectivity index is 1.79. The third-order valence-corrected chi connectivity index (χ3v) is 5.76. The van der Waals surface area contributed by atoms with Gasteiger partial charge < -0.3 is 14.8 Å². The Hall–Kier alpha value is -3.94. The molecule has 0 aliphatic carbocycles. The molecule has 1 N–H and O–H groups in total. The van der Waals surface area contributed by atoms with Crippen molar-refractivity contribution in [3.63, 3.8) is 0 Å². The van der Waals surface area contributed by atoms with Crippen LogP contribution in [0.25, 0.3) is 11.0 Å². The number of carbonyl (C=O) groups is 2. The number of hydrogen-bond acceptors (Lipinski definition) is 4. The Labute approximate surface area is 199 Å². The number of carbonyl (C=O) groups excluding carboxylic acids is 2. The number of aryl methyl sites for hydroxylation is 2. The van der Waals surface area contributed by atoms with Crippen LogP contribution in [-0.2, 0) is 24.9 Å². The first-order valence-corrected chi connectivity index (χ1v) is 11.3. The number of nitrogens with zero attached hydrogens (tertiary/aromatic N) is 5. The van der Waals surface area contributed by atoms with Gasteiger partial charge in [-0.1, -0.05) is 44.2 Å². The zero-order chi connectivity index (χ0) is 24.4. The van der Waals surface area contributed by atoms with E-state index in [1.807, 2.05) is 58.3 Å². The molecule has 8 heteroatoms. The van der Waals surface area contributed by atoms with Crippen LogP contribution < -0.4 is 5.32 Å². The normalized spacial score (nSPS) is 11.2. The third kappa shape index (κ3) is 4.85. The maximum atomic E-state index is 13.7. The number of nitrogens with one attached hydrogen (secondary N) is 1. The number of rotatable bonds is 7. The summed E-state index contributed by atoms with van der Waals surface area (Å²) in [5, 5.41) is 7.12. The largest absolute Gasteiger partial charge is 0.337 e. The van der Waals surface area contributed by atoms with Crippen LogP contribution in [0.2, 0.25) is 0 Å². The summed E-state index contributed by atoms with van der Waals surface area (Å²) in [4.78, 5) is 32.5. The molecule has 0 atom stereocenters. The molecule has 0 unspecified atom stereocenters. The molecule has 0 radical (unpaired) electrons. The highest BCUT2D eigenvalue weighted by Gasteiger charge is 2.22. The molecule has 2 heterocycles. The summed E-state index contributed by atoms with van der Waals surface area (Å²) in [6, 6.07) is 13.7. The molecule has 0 saturated carbocycles. The van der Waals surface area contributed by atoms with Gasteiger partial charge >= 0.3 is 0 Å². The van der Waals surface area contributed by atoms with Gasteiger partial charge in [-0.3, -0.25) is 14.3 Å². The molecular formula is C26H30N6O2. The summed E-state index contributed by atoms with van der Waals surface area (Å²) < 4.78 is 3.77. The zero-order valence-electron chi connectivity index (χ0n) is 20.2. The molecule has 0 fully saturated rings. The molecule has 2 aromatic carbocycles. The van der Waals surface area contributed by atoms with Gasteiger partial charge in [-0.2, -0.15) is 5.10 Å². The lowest BCUT2D eigenvalue weighted by molar-refractivity contribution is -0.118. The highest BCUT2D eigenvalue weighted by atomic mass is 16.2. The minimum absolute atomic E-state index is 0.109. The molecule has 8 nitrogen and oxygen atoms in total. The van der Waals surface area contributed by atoms with E-state index in [1.54, 1.807) is 28.9 Å². The summed E-state index contributed by atoms with van der Waals surface area (Å²) >= 11 is 0. The van der Waals surface area contributed by atoms with Crippen LogP contribution in [0.15, 0.2) is 54.9 Å². The van der Waals surface area contributed by atoms with Crippen molar-refractivity contribution in [1.82, 2.24) is 24.2 Å². The Bertz CT molecular complexity index is 1340. The molecule has 2 amide bonds. The maximum absolute atomic E-state index is 13.7. The minimum atomic E-state index is -0.180. The maximum Gasteiger partial charge on any atom is 0.256 e. The first-order valence-electron chi connectivity index (χ1n) is 11.3. The number of amides is 2. The van der Waals surface area contributed by atoms with Gasteiger partial charge in [-0.25, -0.2) is 4.98 Å². The van der Waals surface area contributed by atoms with Crippen molar-refractivity contribution >= 4 is 28.5 Å². The molecule has 0 bridgehead atoms. The molecule has 4 rings (SSSR count). The van der Waals surface area contributed by atoms with Crippen molar-refractivity contribution in [3.8, 4) is 0 Å². The minimum Gasteiger partial charge on any atom is -0.337 e. The van der Waals surface area contributed by atoms with Crippen LogP contribution in [0.5, 0.6) is 0 Å². The van der Waals surface area contributed by atoms with Crippen molar-refractivity contribution in [3.05, 3.63) is 77.4 Å². The van der Waals surface area contributed by atoms with E-state index in [9.17, 15) is 9.59 Å². The fraction of sp³-hybridized carbons (Fsp3) is 0.308. The Morgan fingerprint density at radius 1 is 1.12 bits per heavy atom. The number of imidazole rings is 1. The van der Waals surface area contributed by atoms with Gasteiger partial charge in [0.05, 0.1) is 22.8 Å². The fourth-order valence-electron chi connectivity index (χ4n) is 3.97. The summed E-state index contributed by atoms with van der Waals surface area (Å²) in [5.74, 6) is 0.362. The zero-order valence-corrected chi connectivity index (χ0v) is 20.2. The Morgan fingerprint density at radius 2 is 1.85 bits per heavy atom. The van der Waals surface area contributed by atoms with Gasteiger partial charge in [0.25, 0.3) is 5.91 Å². The number of anilines is 1. The molecule has 0 aliphatic heterocycles. The van der Waals surface area contributed by atoms with Crippen LogP contribution in [0.1, 0.15) is 41.2 Å². The van der Waals surface area contributed by atoms with Gasteiger partial charge in [0, 0.05) is 50.6 Å². The Morgan fingerprint density at radius 3 is 2.50 bits per heavy atom. The van der Waals surface area contributed by atoms with Gasteiger partial charge in [0.1, 0.15) is 5.82 Å². The van der Waals surface area contributed by atoms with Crippen LogP contribution in [0.4, 0.5) is 5.69 Å². The highest BCUT2D eigenvalue weighted by Crippen LogP contribution is 2.28. The average Bonchev–Trinajstić information content (AvgIpc) is 3.35. The Kier molecular flexibility index (Phi) is 6.49. The SMILES string of the molecule is Cc1nc2cc(NC(=O)C(C)C)cc(C(=O)N(C)Cc3cnn(C)c3)c2n1Cc1ccccc1. The average molecular weight is 459 g/mol. The number of hydrogen-bond donors (Lipinski definition) is 1. The molecule has 34 heavy (non-hydrogen) atoms. The second kappa shape index (κ2) is 9.51. The standard InChI is InChI=1S/C26H30N6O2/c1-17(2)25(33)29-21-11-22(26(34)30(4)14-20-13-27-31(5)15-20)24-23(12-21)28-18(3)32(24)16-19-9-7-6-8-10-19/h6-13,15,17H,14,16H2,1-5H3,(H,29,33). The smallest absolute Gasteiger partial charge is 0.256 e. The summed E-state index contributed by atoms with van der Waals surface area (Å²) in [6.07, 6.45) is 3.64. The number of aromatic nitrogens is 4. The quantitative estimate of drug-likeness (QED) is 0.454.